The van der Waals surface area contributed by atoms with Crippen LogP contribution in [0.3, 0.4) is 0 Å². The van der Waals surface area contributed by atoms with Gasteiger partial charge in [-0.25, -0.2) is 0 Å². The van der Waals surface area contributed by atoms with Crippen molar-refractivity contribution in [2.45, 2.75) is 38.6 Å². The lowest BCUT2D eigenvalue weighted by molar-refractivity contribution is 0.434. The molecule has 0 aromatic carbocycles. The minimum Gasteiger partial charge on any atom is -0.381 e. The second-order valence-corrected chi connectivity index (χ2v) is 3.85. The number of hydrogen-bond acceptors (Lipinski definition) is 3. The smallest absolute Gasteiger partial charge is 0.165 e. The molecule has 1 aromatic heterocycles. The van der Waals surface area contributed by atoms with Crippen molar-refractivity contribution < 1.29 is 0 Å². The van der Waals surface area contributed by atoms with Crippen LogP contribution in [0.1, 0.15) is 32.1 Å². The fraction of sp³-hybridized carbons (Fsp3) is 0.778. The Kier molecular flexibility index (Phi) is 2.47. The Bertz CT molecular complexity index is 262. The highest BCUT2D eigenvalue weighted by Crippen LogP contribution is 2.27. The van der Waals surface area contributed by atoms with Crippen LogP contribution in [0.15, 0.2) is 6.20 Å². The Morgan fingerprint density at radius 3 is 2.85 bits per heavy atom. The van der Waals surface area contributed by atoms with E-state index in [9.17, 15) is 0 Å². The van der Waals surface area contributed by atoms with E-state index in [0.29, 0.717) is 5.82 Å². The molecule has 0 unspecified atom stereocenters. The van der Waals surface area contributed by atoms with Crippen molar-refractivity contribution in [2.24, 2.45) is 5.92 Å². The summed E-state index contributed by atoms with van der Waals surface area (Å²) in [5.41, 5.74) is 5.47. The van der Waals surface area contributed by atoms with E-state index in [1.165, 1.54) is 32.1 Å². The lowest BCUT2D eigenvalue weighted by atomic mass is 10.0. The average molecular weight is 180 g/mol. The van der Waals surface area contributed by atoms with Crippen LogP contribution in [0, 0.1) is 5.92 Å². The van der Waals surface area contributed by atoms with Crippen molar-refractivity contribution in [2.75, 3.05) is 5.73 Å². The Balaban J connectivity index is 1.78. The van der Waals surface area contributed by atoms with Crippen molar-refractivity contribution in [1.82, 2.24) is 15.0 Å². The van der Waals surface area contributed by atoms with Gasteiger partial charge >= 0.3 is 0 Å². The van der Waals surface area contributed by atoms with Gasteiger partial charge < -0.3 is 5.73 Å². The zero-order valence-electron chi connectivity index (χ0n) is 7.82. The molecule has 2 rings (SSSR count). The molecule has 4 nitrogen and oxygen atoms in total. The summed E-state index contributed by atoms with van der Waals surface area (Å²) in [6, 6.07) is 0. The van der Waals surface area contributed by atoms with Crippen molar-refractivity contribution in [3.63, 3.8) is 0 Å². The van der Waals surface area contributed by atoms with Gasteiger partial charge in [-0.1, -0.05) is 30.9 Å². The molecule has 1 saturated carbocycles. The van der Waals surface area contributed by atoms with E-state index < -0.39 is 0 Å². The van der Waals surface area contributed by atoms with Crippen LogP contribution >= 0.6 is 0 Å². The maximum Gasteiger partial charge on any atom is 0.165 e. The predicted octanol–water partition coefficient (Wildman–Crippen LogP) is 1.44. The number of nitrogens with zero attached hydrogens (tertiary/aromatic N) is 3. The largest absolute Gasteiger partial charge is 0.381 e. The molecular weight excluding hydrogens is 164 g/mol. The number of aromatic nitrogens is 3. The van der Waals surface area contributed by atoms with Crippen LogP contribution in [0.4, 0.5) is 5.82 Å². The van der Waals surface area contributed by atoms with E-state index in [1.807, 2.05) is 4.68 Å². The quantitative estimate of drug-likeness (QED) is 0.765. The molecule has 1 fully saturated rings. The summed E-state index contributed by atoms with van der Waals surface area (Å²) in [6.07, 6.45) is 8.63. The summed E-state index contributed by atoms with van der Waals surface area (Å²) in [6.45, 7) is 0.967. The van der Waals surface area contributed by atoms with Gasteiger partial charge in [0, 0.05) is 6.54 Å². The van der Waals surface area contributed by atoms with Crippen LogP contribution in [-0.4, -0.2) is 15.0 Å². The first-order valence-corrected chi connectivity index (χ1v) is 5.00. The van der Waals surface area contributed by atoms with Gasteiger partial charge in [-0.3, -0.25) is 4.68 Å². The van der Waals surface area contributed by atoms with E-state index in [1.54, 1.807) is 6.20 Å². The summed E-state index contributed by atoms with van der Waals surface area (Å²) in [5, 5.41) is 7.67. The number of aryl methyl sites for hydroxylation is 1. The van der Waals surface area contributed by atoms with Crippen LogP contribution in [-0.2, 0) is 6.54 Å². The monoisotopic (exact) mass is 180 g/mol. The molecule has 2 N–H and O–H groups in total. The van der Waals surface area contributed by atoms with Crippen LogP contribution < -0.4 is 5.73 Å². The topological polar surface area (TPSA) is 56.7 Å². The van der Waals surface area contributed by atoms with Crippen LogP contribution in [0.5, 0.6) is 0 Å². The molecule has 0 saturated heterocycles. The van der Waals surface area contributed by atoms with Gasteiger partial charge in [-0.05, 0) is 12.3 Å². The maximum absolute atomic E-state index is 5.47. The van der Waals surface area contributed by atoms with E-state index in [2.05, 4.69) is 10.3 Å². The molecule has 1 aliphatic rings. The molecule has 0 aliphatic heterocycles. The minimum atomic E-state index is 0.520. The molecule has 13 heavy (non-hydrogen) atoms. The molecule has 72 valence electrons. The molecule has 4 heteroatoms. The zero-order valence-corrected chi connectivity index (χ0v) is 7.82. The second kappa shape index (κ2) is 3.77. The number of hydrogen-bond donors (Lipinski definition) is 1. The molecular formula is C9H16N4. The SMILES string of the molecule is Nc1cn(CCC2CCCC2)nn1. The zero-order chi connectivity index (χ0) is 9.10. The van der Waals surface area contributed by atoms with Crippen molar-refractivity contribution >= 4 is 5.82 Å². The summed E-state index contributed by atoms with van der Waals surface area (Å²) in [4.78, 5) is 0. The summed E-state index contributed by atoms with van der Waals surface area (Å²) in [7, 11) is 0. The Morgan fingerprint density at radius 1 is 1.46 bits per heavy atom. The van der Waals surface area contributed by atoms with Gasteiger partial charge in [0.15, 0.2) is 5.82 Å². The fourth-order valence-electron chi connectivity index (χ4n) is 2.04. The number of nitrogen functional groups attached to an aromatic ring is 1. The molecule has 1 aromatic rings. The van der Waals surface area contributed by atoms with E-state index >= 15 is 0 Å². The lowest BCUT2D eigenvalue weighted by Crippen LogP contribution is -2.04. The first-order valence-electron chi connectivity index (χ1n) is 5.00. The fourth-order valence-corrected chi connectivity index (χ4v) is 2.04. The molecule has 0 radical (unpaired) electrons. The second-order valence-electron chi connectivity index (χ2n) is 3.85. The highest BCUT2D eigenvalue weighted by atomic mass is 15.4. The maximum atomic E-state index is 5.47. The van der Waals surface area contributed by atoms with Gasteiger partial charge in [-0.15, -0.1) is 5.10 Å². The van der Waals surface area contributed by atoms with Gasteiger partial charge in [-0.2, -0.15) is 0 Å². The van der Waals surface area contributed by atoms with Crippen molar-refractivity contribution in [3.05, 3.63) is 6.20 Å². The Morgan fingerprint density at radius 2 is 2.23 bits per heavy atom. The summed E-state index contributed by atoms with van der Waals surface area (Å²) in [5.74, 6) is 1.43. The molecule has 1 aliphatic carbocycles. The summed E-state index contributed by atoms with van der Waals surface area (Å²) < 4.78 is 1.84. The number of anilines is 1. The Hall–Kier alpha value is -1.06. The standard InChI is InChI=1S/C9H16N4/c10-9-7-13(12-11-9)6-5-8-3-1-2-4-8/h7-8H,1-6,10H2. The minimum absolute atomic E-state index is 0.520. The van der Waals surface area contributed by atoms with Gasteiger partial charge in [0.2, 0.25) is 0 Å². The van der Waals surface area contributed by atoms with E-state index in [-0.39, 0.29) is 0 Å². The summed E-state index contributed by atoms with van der Waals surface area (Å²) >= 11 is 0. The number of rotatable bonds is 3. The number of nitrogens with two attached hydrogens (primary N) is 1. The van der Waals surface area contributed by atoms with Gasteiger partial charge in [0.05, 0.1) is 6.20 Å². The van der Waals surface area contributed by atoms with E-state index in [0.717, 1.165) is 12.5 Å². The van der Waals surface area contributed by atoms with E-state index in [4.69, 9.17) is 5.73 Å². The average Bonchev–Trinajstić information content (AvgIpc) is 2.71. The molecule has 0 bridgehead atoms. The molecule has 1 heterocycles. The third-order valence-electron chi connectivity index (χ3n) is 2.80. The highest BCUT2D eigenvalue weighted by Gasteiger charge is 2.14. The van der Waals surface area contributed by atoms with Gasteiger partial charge in [0.25, 0.3) is 0 Å². The van der Waals surface area contributed by atoms with Crippen molar-refractivity contribution in [3.8, 4) is 0 Å². The Labute approximate surface area is 78.1 Å². The predicted molar refractivity (Wildman–Crippen MR) is 51.0 cm³/mol. The first kappa shape index (κ1) is 8.53. The van der Waals surface area contributed by atoms with Crippen LogP contribution in [0.25, 0.3) is 0 Å². The lowest BCUT2D eigenvalue weighted by Gasteiger charge is -2.07. The highest BCUT2D eigenvalue weighted by molar-refractivity contribution is 5.19. The van der Waals surface area contributed by atoms with Gasteiger partial charge in [0.1, 0.15) is 0 Å². The van der Waals surface area contributed by atoms with Crippen molar-refractivity contribution in [1.29, 1.82) is 0 Å². The molecule has 0 spiro atoms. The van der Waals surface area contributed by atoms with Crippen LogP contribution in [0.2, 0.25) is 0 Å². The normalized spacial score (nSPS) is 18.2. The molecule has 0 amide bonds. The third kappa shape index (κ3) is 2.20. The third-order valence-corrected chi connectivity index (χ3v) is 2.80. The molecule has 0 atom stereocenters. The first-order chi connectivity index (χ1) is 6.34.